The molecule has 2 rings (SSSR count). The van der Waals surface area contributed by atoms with Crippen LogP contribution >= 0.6 is 0 Å². The molecular formula is C12H18N2. The first-order chi connectivity index (χ1) is 6.58. The first-order valence-corrected chi connectivity index (χ1v) is 4.75. The van der Waals surface area contributed by atoms with Crippen LogP contribution in [0.2, 0.25) is 0 Å². The summed E-state index contributed by atoms with van der Waals surface area (Å²) in [7, 11) is 4.04. The monoisotopic (exact) mass is 190 g/mol. The molecule has 0 radical (unpaired) electrons. The van der Waals surface area contributed by atoms with E-state index in [2.05, 4.69) is 38.4 Å². The van der Waals surface area contributed by atoms with Crippen LogP contribution in [0.5, 0.6) is 0 Å². The van der Waals surface area contributed by atoms with Crippen LogP contribution < -0.4 is 0 Å². The quantitative estimate of drug-likeness (QED) is 0.604. The van der Waals surface area contributed by atoms with Crippen molar-refractivity contribution in [2.45, 2.75) is 13.8 Å². The van der Waals surface area contributed by atoms with E-state index in [4.69, 9.17) is 0 Å². The molecule has 76 valence electrons. The summed E-state index contributed by atoms with van der Waals surface area (Å²) in [4.78, 5) is 0. The van der Waals surface area contributed by atoms with Crippen LogP contribution in [0.1, 0.15) is 11.1 Å². The Balaban J connectivity index is 0.000000140. The molecule has 0 atom stereocenters. The third kappa shape index (κ3) is 3.52. The van der Waals surface area contributed by atoms with Gasteiger partial charge in [0.1, 0.15) is 0 Å². The first kappa shape index (κ1) is 10.6. The van der Waals surface area contributed by atoms with Gasteiger partial charge in [0.2, 0.25) is 0 Å². The van der Waals surface area contributed by atoms with Crippen LogP contribution in [0, 0.1) is 13.8 Å². The lowest BCUT2D eigenvalue weighted by Crippen LogP contribution is -1.76. The van der Waals surface area contributed by atoms with Crippen molar-refractivity contribution in [1.29, 1.82) is 0 Å². The van der Waals surface area contributed by atoms with E-state index < -0.39 is 0 Å². The first-order valence-electron chi connectivity index (χ1n) is 4.75. The maximum absolute atomic E-state index is 2.08. The van der Waals surface area contributed by atoms with Gasteiger partial charge in [0.15, 0.2) is 0 Å². The number of hydrogen-bond donors (Lipinski definition) is 0. The Labute approximate surface area is 85.8 Å². The van der Waals surface area contributed by atoms with Crippen molar-refractivity contribution in [2.24, 2.45) is 14.1 Å². The van der Waals surface area contributed by atoms with E-state index in [1.807, 2.05) is 35.6 Å². The minimum Gasteiger partial charge on any atom is -0.357 e. The van der Waals surface area contributed by atoms with Crippen molar-refractivity contribution in [3.05, 3.63) is 48.0 Å². The van der Waals surface area contributed by atoms with E-state index >= 15 is 0 Å². The molecular weight excluding hydrogens is 172 g/mol. The average Bonchev–Trinajstić information content (AvgIpc) is 2.63. The summed E-state index contributed by atoms with van der Waals surface area (Å²) in [6, 6.07) is 4.17. The molecule has 0 aliphatic carbocycles. The molecule has 2 heterocycles. The molecule has 0 aliphatic rings. The summed E-state index contributed by atoms with van der Waals surface area (Å²) >= 11 is 0. The van der Waals surface area contributed by atoms with Crippen molar-refractivity contribution in [2.75, 3.05) is 0 Å². The Bertz CT molecular complexity index is 311. The van der Waals surface area contributed by atoms with Crippen LogP contribution in [0.25, 0.3) is 0 Å². The summed E-state index contributed by atoms with van der Waals surface area (Å²) in [5, 5.41) is 0. The predicted molar refractivity (Wildman–Crippen MR) is 60.3 cm³/mol. The van der Waals surface area contributed by atoms with Gasteiger partial charge in [-0.15, -0.1) is 0 Å². The molecule has 0 aliphatic heterocycles. The van der Waals surface area contributed by atoms with E-state index in [1.54, 1.807) is 0 Å². The fraction of sp³-hybridized carbons (Fsp3) is 0.333. The Hall–Kier alpha value is -1.44. The highest BCUT2D eigenvalue weighted by molar-refractivity contribution is 5.06. The molecule has 2 nitrogen and oxygen atoms in total. The highest BCUT2D eigenvalue weighted by Gasteiger charge is 1.80. The van der Waals surface area contributed by atoms with Crippen LogP contribution in [-0.2, 0) is 14.1 Å². The fourth-order valence-corrected chi connectivity index (χ4v) is 1.28. The average molecular weight is 190 g/mol. The zero-order chi connectivity index (χ0) is 10.6. The van der Waals surface area contributed by atoms with Crippen molar-refractivity contribution in [1.82, 2.24) is 9.13 Å². The van der Waals surface area contributed by atoms with Gasteiger partial charge in [-0.2, -0.15) is 0 Å². The van der Waals surface area contributed by atoms with Gasteiger partial charge in [0.05, 0.1) is 0 Å². The van der Waals surface area contributed by atoms with E-state index in [0.717, 1.165) is 0 Å². The van der Waals surface area contributed by atoms with Gasteiger partial charge < -0.3 is 9.13 Å². The molecule has 0 saturated carbocycles. The van der Waals surface area contributed by atoms with Gasteiger partial charge in [-0.05, 0) is 37.1 Å². The lowest BCUT2D eigenvalue weighted by molar-refractivity contribution is 0.925. The lowest BCUT2D eigenvalue weighted by atomic mass is 10.4. The highest BCUT2D eigenvalue weighted by atomic mass is 14.9. The second-order valence-electron chi connectivity index (χ2n) is 3.71. The zero-order valence-electron chi connectivity index (χ0n) is 9.36. The molecule has 2 heteroatoms. The Morgan fingerprint density at radius 3 is 1.21 bits per heavy atom. The van der Waals surface area contributed by atoms with Gasteiger partial charge >= 0.3 is 0 Å². The third-order valence-corrected chi connectivity index (χ3v) is 1.96. The Morgan fingerprint density at radius 2 is 1.14 bits per heavy atom. The smallest absolute Gasteiger partial charge is 0.0106 e. The molecule has 0 unspecified atom stereocenters. The Kier molecular flexibility index (Phi) is 3.57. The van der Waals surface area contributed by atoms with E-state index in [-0.39, 0.29) is 0 Å². The van der Waals surface area contributed by atoms with E-state index in [9.17, 15) is 0 Å². The van der Waals surface area contributed by atoms with Gasteiger partial charge in [0.25, 0.3) is 0 Å². The lowest BCUT2D eigenvalue weighted by Gasteiger charge is -1.80. The predicted octanol–water partition coefficient (Wildman–Crippen LogP) is 2.67. The van der Waals surface area contributed by atoms with Gasteiger partial charge in [-0.25, -0.2) is 0 Å². The second kappa shape index (κ2) is 4.70. The minimum atomic E-state index is 1.32. The topological polar surface area (TPSA) is 9.86 Å². The molecule has 0 aromatic carbocycles. The van der Waals surface area contributed by atoms with Crippen molar-refractivity contribution in [3.63, 3.8) is 0 Å². The molecule has 0 amide bonds. The Morgan fingerprint density at radius 1 is 0.786 bits per heavy atom. The zero-order valence-corrected chi connectivity index (χ0v) is 9.36. The minimum absolute atomic E-state index is 1.32. The van der Waals surface area contributed by atoms with Crippen LogP contribution in [0.4, 0.5) is 0 Å². The standard InChI is InChI=1S/2C6H9N/c2*1-6-3-4-7(2)5-6/h2*3-5H,1-2H3. The number of hydrogen-bond acceptors (Lipinski definition) is 0. The largest absolute Gasteiger partial charge is 0.357 e. The summed E-state index contributed by atoms with van der Waals surface area (Å²) in [5.41, 5.74) is 2.64. The highest BCUT2D eigenvalue weighted by Crippen LogP contribution is 1.94. The normalized spacial score (nSPS) is 9.43. The summed E-state index contributed by atoms with van der Waals surface area (Å²) in [5.74, 6) is 0. The summed E-state index contributed by atoms with van der Waals surface area (Å²) in [6.07, 6.45) is 8.24. The van der Waals surface area contributed by atoms with Crippen LogP contribution in [0.15, 0.2) is 36.9 Å². The number of aryl methyl sites for hydroxylation is 4. The molecule has 2 aromatic rings. The van der Waals surface area contributed by atoms with Gasteiger partial charge in [0, 0.05) is 38.9 Å². The molecule has 14 heavy (non-hydrogen) atoms. The number of nitrogens with zero attached hydrogens (tertiary/aromatic N) is 2. The number of aromatic nitrogens is 2. The third-order valence-electron chi connectivity index (χ3n) is 1.96. The van der Waals surface area contributed by atoms with Gasteiger partial charge in [-0.1, -0.05) is 0 Å². The number of rotatable bonds is 0. The fourth-order valence-electron chi connectivity index (χ4n) is 1.28. The molecule has 0 N–H and O–H groups in total. The van der Waals surface area contributed by atoms with E-state index in [0.29, 0.717) is 0 Å². The molecule has 0 spiro atoms. The molecule has 2 aromatic heterocycles. The summed E-state index contributed by atoms with van der Waals surface area (Å²) < 4.78 is 4.07. The maximum Gasteiger partial charge on any atom is 0.0106 e. The van der Waals surface area contributed by atoms with Gasteiger partial charge in [-0.3, -0.25) is 0 Å². The second-order valence-corrected chi connectivity index (χ2v) is 3.71. The van der Waals surface area contributed by atoms with Crippen molar-refractivity contribution in [3.8, 4) is 0 Å². The SMILES string of the molecule is Cc1ccn(C)c1.Cc1ccn(C)c1. The van der Waals surface area contributed by atoms with E-state index in [1.165, 1.54) is 11.1 Å². The van der Waals surface area contributed by atoms with Crippen LogP contribution in [-0.4, -0.2) is 9.13 Å². The molecule has 0 bridgehead atoms. The van der Waals surface area contributed by atoms with Crippen LogP contribution in [0.3, 0.4) is 0 Å². The van der Waals surface area contributed by atoms with Crippen molar-refractivity contribution >= 4 is 0 Å². The van der Waals surface area contributed by atoms with Crippen molar-refractivity contribution < 1.29 is 0 Å². The summed E-state index contributed by atoms with van der Waals surface area (Å²) in [6.45, 7) is 4.17. The maximum atomic E-state index is 2.08. The molecule has 0 saturated heterocycles. The molecule has 0 fully saturated rings.